The second kappa shape index (κ2) is 6.59. The maximum Gasteiger partial charge on any atom is 0.326 e. The molecular formula is C12H24N2O3. The van der Waals surface area contributed by atoms with Gasteiger partial charge in [0, 0.05) is 6.54 Å². The van der Waals surface area contributed by atoms with Crippen molar-refractivity contribution in [3.63, 3.8) is 0 Å². The topological polar surface area (TPSA) is 92.4 Å². The van der Waals surface area contributed by atoms with E-state index in [1.807, 2.05) is 20.8 Å². The monoisotopic (exact) mass is 244 g/mol. The number of aliphatic carboxylic acids is 1. The second-order valence-corrected chi connectivity index (χ2v) is 4.79. The molecule has 0 aliphatic carbocycles. The lowest BCUT2D eigenvalue weighted by Crippen LogP contribution is -2.52. The third-order valence-corrected chi connectivity index (χ3v) is 3.54. The Hall–Kier alpha value is -1.10. The first-order valence-electron chi connectivity index (χ1n) is 6.06. The molecule has 17 heavy (non-hydrogen) atoms. The van der Waals surface area contributed by atoms with Gasteiger partial charge in [0.2, 0.25) is 5.91 Å². The molecule has 0 fully saturated rings. The molecule has 3 atom stereocenters. The zero-order valence-corrected chi connectivity index (χ0v) is 11.1. The van der Waals surface area contributed by atoms with Gasteiger partial charge in [-0.25, -0.2) is 4.79 Å². The van der Waals surface area contributed by atoms with Gasteiger partial charge in [0.15, 0.2) is 0 Å². The largest absolute Gasteiger partial charge is 0.480 e. The number of amides is 1. The zero-order valence-electron chi connectivity index (χ0n) is 11.1. The lowest BCUT2D eigenvalue weighted by Gasteiger charge is -2.29. The fourth-order valence-corrected chi connectivity index (χ4v) is 1.40. The summed E-state index contributed by atoms with van der Waals surface area (Å²) in [6.45, 7) is 7.53. The van der Waals surface area contributed by atoms with Gasteiger partial charge in [-0.15, -0.1) is 0 Å². The van der Waals surface area contributed by atoms with E-state index in [9.17, 15) is 9.59 Å². The molecule has 0 radical (unpaired) electrons. The van der Waals surface area contributed by atoms with Crippen molar-refractivity contribution in [2.75, 3.05) is 6.54 Å². The predicted octanol–water partition coefficient (Wildman–Crippen LogP) is 0.977. The van der Waals surface area contributed by atoms with E-state index >= 15 is 0 Å². The number of nitrogens with two attached hydrogens (primary N) is 1. The molecule has 0 spiro atoms. The number of carboxylic acid groups (broad SMARTS) is 1. The Bertz CT molecular complexity index is 275. The van der Waals surface area contributed by atoms with Crippen LogP contribution in [0.3, 0.4) is 0 Å². The number of carbonyl (C=O) groups is 2. The molecule has 1 amide bonds. The van der Waals surface area contributed by atoms with Gasteiger partial charge in [-0.1, -0.05) is 27.2 Å². The highest BCUT2D eigenvalue weighted by Crippen LogP contribution is 2.20. The normalized spacial score (nSPS) is 17.9. The van der Waals surface area contributed by atoms with Crippen LogP contribution in [0.4, 0.5) is 0 Å². The molecule has 5 heteroatoms. The SMILES string of the molecule is CC[C@H](C)[C@H](NC(=O)C(C)(CC)CN)C(=O)O. The van der Waals surface area contributed by atoms with Crippen molar-refractivity contribution in [3.8, 4) is 0 Å². The van der Waals surface area contributed by atoms with Gasteiger partial charge >= 0.3 is 5.97 Å². The van der Waals surface area contributed by atoms with Crippen LogP contribution in [0.25, 0.3) is 0 Å². The number of nitrogens with one attached hydrogen (secondary N) is 1. The molecule has 0 aromatic heterocycles. The van der Waals surface area contributed by atoms with Crippen molar-refractivity contribution in [3.05, 3.63) is 0 Å². The molecule has 0 aliphatic heterocycles. The lowest BCUT2D eigenvalue weighted by atomic mass is 9.85. The van der Waals surface area contributed by atoms with Gasteiger partial charge in [-0.05, 0) is 19.3 Å². The van der Waals surface area contributed by atoms with Gasteiger partial charge in [0.25, 0.3) is 0 Å². The Balaban J connectivity index is 4.78. The molecule has 0 saturated heterocycles. The number of hydrogen-bond donors (Lipinski definition) is 3. The number of carboxylic acids is 1. The van der Waals surface area contributed by atoms with Crippen molar-refractivity contribution in [2.45, 2.75) is 46.6 Å². The zero-order chi connectivity index (χ0) is 13.6. The summed E-state index contributed by atoms with van der Waals surface area (Å²) in [4.78, 5) is 23.1. The van der Waals surface area contributed by atoms with Gasteiger partial charge in [0.1, 0.15) is 6.04 Å². The summed E-state index contributed by atoms with van der Waals surface area (Å²) >= 11 is 0. The Morgan fingerprint density at radius 3 is 2.24 bits per heavy atom. The van der Waals surface area contributed by atoms with Crippen molar-refractivity contribution in [2.24, 2.45) is 17.1 Å². The Labute approximate surface area is 103 Å². The van der Waals surface area contributed by atoms with E-state index in [0.29, 0.717) is 12.8 Å². The Kier molecular flexibility index (Phi) is 6.16. The summed E-state index contributed by atoms with van der Waals surface area (Å²) in [6.07, 6.45) is 1.28. The summed E-state index contributed by atoms with van der Waals surface area (Å²) in [5.41, 5.74) is 4.88. The first-order valence-corrected chi connectivity index (χ1v) is 6.06. The van der Waals surface area contributed by atoms with Crippen LogP contribution in [0.2, 0.25) is 0 Å². The minimum Gasteiger partial charge on any atom is -0.480 e. The van der Waals surface area contributed by atoms with Crippen LogP contribution in [-0.2, 0) is 9.59 Å². The van der Waals surface area contributed by atoms with E-state index in [-0.39, 0.29) is 18.4 Å². The van der Waals surface area contributed by atoms with Gasteiger partial charge < -0.3 is 16.2 Å². The van der Waals surface area contributed by atoms with Crippen LogP contribution < -0.4 is 11.1 Å². The summed E-state index contributed by atoms with van der Waals surface area (Å²) in [5.74, 6) is -1.38. The first kappa shape index (κ1) is 15.9. The number of rotatable bonds is 7. The van der Waals surface area contributed by atoms with Crippen LogP contribution in [-0.4, -0.2) is 29.6 Å². The minimum absolute atomic E-state index is 0.102. The average molecular weight is 244 g/mol. The van der Waals surface area contributed by atoms with E-state index in [4.69, 9.17) is 10.8 Å². The van der Waals surface area contributed by atoms with E-state index in [1.54, 1.807) is 6.92 Å². The van der Waals surface area contributed by atoms with Crippen LogP contribution in [0.15, 0.2) is 0 Å². The smallest absolute Gasteiger partial charge is 0.326 e. The molecule has 0 aromatic carbocycles. The van der Waals surface area contributed by atoms with Gasteiger partial charge in [0.05, 0.1) is 5.41 Å². The lowest BCUT2D eigenvalue weighted by molar-refractivity contribution is -0.145. The van der Waals surface area contributed by atoms with Crippen LogP contribution in [0, 0.1) is 11.3 Å². The maximum atomic E-state index is 12.0. The Morgan fingerprint density at radius 2 is 1.94 bits per heavy atom. The number of hydrogen-bond acceptors (Lipinski definition) is 3. The predicted molar refractivity (Wildman–Crippen MR) is 66.5 cm³/mol. The maximum absolute atomic E-state index is 12.0. The average Bonchev–Trinajstić information content (AvgIpc) is 2.33. The standard InChI is InChI=1S/C12H24N2O3/c1-5-8(3)9(10(15)16)14-11(17)12(4,6-2)7-13/h8-9H,5-7,13H2,1-4H3,(H,14,17)(H,15,16)/t8-,9-,12?/m0/s1. The van der Waals surface area contributed by atoms with Crippen molar-refractivity contribution >= 4 is 11.9 Å². The van der Waals surface area contributed by atoms with Crippen LogP contribution >= 0.6 is 0 Å². The first-order chi connectivity index (χ1) is 7.82. The van der Waals surface area contributed by atoms with E-state index in [1.165, 1.54) is 0 Å². The molecule has 0 aliphatic rings. The quantitative estimate of drug-likeness (QED) is 0.622. The highest BCUT2D eigenvalue weighted by Gasteiger charge is 2.34. The molecule has 1 unspecified atom stereocenters. The Morgan fingerprint density at radius 1 is 1.41 bits per heavy atom. The summed E-state index contributed by atoms with van der Waals surface area (Å²) < 4.78 is 0. The minimum atomic E-state index is -0.997. The highest BCUT2D eigenvalue weighted by atomic mass is 16.4. The number of carbonyl (C=O) groups excluding carboxylic acids is 1. The molecule has 4 N–H and O–H groups in total. The van der Waals surface area contributed by atoms with Gasteiger partial charge in [-0.3, -0.25) is 4.79 Å². The van der Waals surface area contributed by atoms with Crippen LogP contribution in [0.5, 0.6) is 0 Å². The third kappa shape index (κ3) is 4.00. The van der Waals surface area contributed by atoms with Gasteiger partial charge in [-0.2, -0.15) is 0 Å². The summed E-state index contributed by atoms with van der Waals surface area (Å²) in [6, 6.07) is -0.843. The van der Waals surface area contributed by atoms with Crippen LogP contribution in [0.1, 0.15) is 40.5 Å². The summed E-state index contributed by atoms with van der Waals surface area (Å²) in [5, 5.41) is 11.7. The third-order valence-electron chi connectivity index (χ3n) is 3.54. The summed E-state index contributed by atoms with van der Waals surface area (Å²) in [7, 11) is 0. The molecule has 0 saturated carbocycles. The van der Waals surface area contributed by atoms with E-state index < -0.39 is 17.4 Å². The van der Waals surface area contributed by atoms with Crippen molar-refractivity contribution in [1.82, 2.24) is 5.32 Å². The molecule has 5 nitrogen and oxygen atoms in total. The van der Waals surface area contributed by atoms with Crippen molar-refractivity contribution < 1.29 is 14.7 Å². The molecule has 0 rings (SSSR count). The molecule has 0 heterocycles. The fraction of sp³-hybridized carbons (Fsp3) is 0.833. The van der Waals surface area contributed by atoms with E-state index in [2.05, 4.69) is 5.32 Å². The molecule has 0 aromatic rings. The molecule has 100 valence electrons. The molecular weight excluding hydrogens is 220 g/mol. The fourth-order valence-electron chi connectivity index (χ4n) is 1.40. The molecule has 0 bridgehead atoms. The highest BCUT2D eigenvalue weighted by molar-refractivity contribution is 5.87. The second-order valence-electron chi connectivity index (χ2n) is 4.79. The van der Waals surface area contributed by atoms with E-state index in [0.717, 1.165) is 0 Å². The van der Waals surface area contributed by atoms with Crippen molar-refractivity contribution in [1.29, 1.82) is 0 Å².